The van der Waals surface area contributed by atoms with Crippen molar-refractivity contribution in [1.82, 2.24) is 8.61 Å². The highest BCUT2D eigenvalue weighted by Gasteiger charge is 2.30. The Bertz CT molecular complexity index is 1160. The first-order chi connectivity index (χ1) is 15.4. The van der Waals surface area contributed by atoms with Gasteiger partial charge in [-0.15, -0.1) is 0 Å². The van der Waals surface area contributed by atoms with Crippen LogP contribution in [0.25, 0.3) is 0 Å². The van der Waals surface area contributed by atoms with E-state index in [4.69, 9.17) is 11.6 Å². The van der Waals surface area contributed by atoms with Crippen molar-refractivity contribution in [2.75, 3.05) is 56.0 Å². The van der Waals surface area contributed by atoms with Crippen LogP contribution in [-0.4, -0.2) is 72.3 Å². The molecule has 0 atom stereocenters. The van der Waals surface area contributed by atoms with Crippen LogP contribution in [0.5, 0.6) is 0 Å². The van der Waals surface area contributed by atoms with Crippen LogP contribution in [0.2, 0.25) is 5.02 Å². The number of rotatable bonds is 8. The van der Waals surface area contributed by atoms with E-state index in [0.29, 0.717) is 43.4 Å². The highest BCUT2D eigenvalue weighted by atomic mass is 35.5. The Kier molecular flexibility index (Phi) is 7.95. The molecule has 0 saturated carbocycles. The zero-order valence-corrected chi connectivity index (χ0v) is 21.7. The number of anilines is 2. The second kappa shape index (κ2) is 10.2. The van der Waals surface area contributed by atoms with E-state index in [2.05, 4.69) is 4.90 Å². The van der Waals surface area contributed by atoms with Gasteiger partial charge in [0.25, 0.3) is 20.2 Å². The summed E-state index contributed by atoms with van der Waals surface area (Å²) in [4.78, 5) is 2.23. The molecule has 1 aliphatic rings. The van der Waals surface area contributed by atoms with E-state index in [9.17, 15) is 16.8 Å². The first kappa shape index (κ1) is 25.8. The van der Waals surface area contributed by atoms with Crippen molar-refractivity contribution in [3.63, 3.8) is 0 Å². The Hall–Kier alpha value is -1.85. The molecular formula is C22H31ClN4O4S2. The molecule has 1 aliphatic heterocycles. The number of benzene rings is 2. The number of hydrogen-bond donors (Lipinski definition) is 0. The minimum absolute atomic E-state index is 0.102. The number of hydrogen-bond acceptors (Lipinski definition) is 5. The van der Waals surface area contributed by atoms with Gasteiger partial charge in [-0.25, -0.2) is 8.42 Å². The monoisotopic (exact) mass is 514 g/mol. The van der Waals surface area contributed by atoms with Gasteiger partial charge in [0.05, 0.1) is 15.6 Å². The molecule has 1 heterocycles. The van der Waals surface area contributed by atoms with Gasteiger partial charge in [0.2, 0.25) is 0 Å². The predicted molar refractivity (Wildman–Crippen MR) is 134 cm³/mol. The van der Waals surface area contributed by atoms with E-state index in [1.54, 1.807) is 48.5 Å². The van der Waals surface area contributed by atoms with Crippen molar-refractivity contribution < 1.29 is 16.8 Å². The largest absolute Gasteiger partial charge is 0.369 e. The van der Waals surface area contributed by atoms with Gasteiger partial charge in [-0.2, -0.15) is 17.0 Å². The predicted octanol–water partition coefficient (Wildman–Crippen LogP) is 3.12. The molecule has 0 aromatic heterocycles. The lowest BCUT2D eigenvalue weighted by Gasteiger charge is -2.36. The molecule has 2 aromatic rings. The summed E-state index contributed by atoms with van der Waals surface area (Å²) in [5.41, 5.74) is 1.30. The zero-order chi connectivity index (χ0) is 24.4. The van der Waals surface area contributed by atoms with E-state index in [-0.39, 0.29) is 10.8 Å². The molecule has 0 amide bonds. The normalized spacial score (nSPS) is 15.9. The van der Waals surface area contributed by atoms with E-state index >= 15 is 0 Å². The van der Waals surface area contributed by atoms with Gasteiger partial charge in [-0.1, -0.05) is 37.6 Å². The summed E-state index contributed by atoms with van der Waals surface area (Å²) in [6, 6.07) is 13.6. The third kappa shape index (κ3) is 5.63. The lowest BCUT2D eigenvalue weighted by atomic mass is 10.2. The van der Waals surface area contributed by atoms with Crippen molar-refractivity contribution in [2.45, 2.75) is 18.7 Å². The van der Waals surface area contributed by atoms with E-state index < -0.39 is 20.2 Å². The van der Waals surface area contributed by atoms with Crippen LogP contribution in [0.15, 0.2) is 53.4 Å². The number of para-hydroxylation sites is 1. The maximum Gasteiger partial charge on any atom is 0.281 e. The van der Waals surface area contributed by atoms with Gasteiger partial charge in [0.15, 0.2) is 0 Å². The van der Waals surface area contributed by atoms with Crippen LogP contribution in [0.4, 0.5) is 11.4 Å². The second-order valence-corrected chi connectivity index (χ2v) is 13.0. The van der Waals surface area contributed by atoms with Crippen LogP contribution in [0, 0.1) is 5.92 Å². The average Bonchev–Trinajstić information content (AvgIpc) is 2.78. The molecule has 1 fully saturated rings. The van der Waals surface area contributed by atoms with Crippen LogP contribution >= 0.6 is 11.6 Å². The first-order valence-corrected chi connectivity index (χ1v) is 14.0. The molecule has 0 bridgehead atoms. The van der Waals surface area contributed by atoms with Gasteiger partial charge in [0, 0.05) is 52.5 Å². The standard InChI is InChI=1S/C22H31ClN4O4S2/c1-18(2)17-27(22-8-6-5-7-21(22)23)32(28,29)20-11-9-19(10-12-20)25-13-15-26(16-14-25)33(30,31)24(3)4/h5-12,18H,13-17H2,1-4H3. The van der Waals surface area contributed by atoms with Crippen molar-refractivity contribution in [2.24, 2.45) is 5.92 Å². The van der Waals surface area contributed by atoms with Gasteiger partial charge >= 0.3 is 0 Å². The molecular weight excluding hydrogens is 484 g/mol. The lowest BCUT2D eigenvalue weighted by Crippen LogP contribution is -2.51. The summed E-state index contributed by atoms with van der Waals surface area (Å²) in [7, 11) is -4.22. The van der Waals surface area contributed by atoms with Crippen LogP contribution in [-0.2, 0) is 20.2 Å². The Morgan fingerprint density at radius 1 is 0.909 bits per heavy atom. The quantitative estimate of drug-likeness (QED) is 0.540. The molecule has 0 radical (unpaired) electrons. The lowest BCUT2D eigenvalue weighted by molar-refractivity contribution is 0.355. The van der Waals surface area contributed by atoms with Gasteiger partial charge in [-0.3, -0.25) is 4.31 Å². The Balaban J connectivity index is 1.80. The van der Waals surface area contributed by atoms with Crippen molar-refractivity contribution >= 4 is 43.2 Å². The summed E-state index contributed by atoms with van der Waals surface area (Å²) in [5.74, 6) is 0.102. The van der Waals surface area contributed by atoms with Gasteiger partial charge < -0.3 is 4.90 Å². The number of nitrogens with zero attached hydrogens (tertiary/aromatic N) is 4. The average molecular weight is 515 g/mol. The summed E-state index contributed by atoms with van der Waals surface area (Å²) >= 11 is 6.32. The third-order valence-corrected chi connectivity index (χ3v) is 9.52. The molecule has 8 nitrogen and oxygen atoms in total. The van der Waals surface area contributed by atoms with Crippen molar-refractivity contribution in [1.29, 1.82) is 0 Å². The topological polar surface area (TPSA) is 81.2 Å². The molecule has 0 N–H and O–H groups in total. The molecule has 3 rings (SSSR count). The molecule has 182 valence electrons. The molecule has 0 aliphatic carbocycles. The Labute approximate surface area is 202 Å². The Morgan fingerprint density at radius 2 is 1.48 bits per heavy atom. The number of piperazine rings is 1. The van der Waals surface area contributed by atoms with E-state index in [0.717, 1.165) is 5.69 Å². The minimum atomic E-state index is -3.82. The molecule has 0 unspecified atom stereocenters. The van der Waals surface area contributed by atoms with Crippen molar-refractivity contribution in [3.05, 3.63) is 53.6 Å². The summed E-state index contributed by atoms with van der Waals surface area (Å²) in [5, 5.41) is 0.379. The molecule has 33 heavy (non-hydrogen) atoms. The van der Waals surface area contributed by atoms with Crippen LogP contribution in [0.3, 0.4) is 0 Å². The fraction of sp³-hybridized carbons (Fsp3) is 0.455. The van der Waals surface area contributed by atoms with Crippen LogP contribution in [0.1, 0.15) is 13.8 Å². The Morgan fingerprint density at radius 3 is 2.00 bits per heavy atom. The van der Waals surface area contributed by atoms with E-state index in [1.807, 2.05) is 13.8 Å². The molecule has 1 saturated heterocycles. The maximum atomic E-state index is 13.5. The molecule has 2 aromatic carbocycles. The highest BCUT2D eigenvalue weighted by molar-refractivity contribution is 7.92. The summed E-state index contributed by atoms with van der Waals surface area (Å²) in [6.07, 6.45) is 0. The number of halogens is 1. The smallest absolute Gasteiger partial charge is 0.281 e. The SMILES string of the molecule is CC(C)CN(c1ccccc1Cl)S(=O)(=O)c1ccc(N2CCN(S(=O)(=O)N(C)C)CC2)cc1. The molecule has 0 spiro atoms. The maximum absolute atomic E-state index is 13.5. The second-order valence-electron chi connectivity index (χ2n) is 8.55. The van der Waals surface area contributed by atoms with Crippen molar-refractivity contribution in [3.8, 4) is 0 Å². The van der Waals surface area contributed by atoms with Crippen LogP contribution < -0.4 is 9.21 Å². The molecule has 11 heteroatoms. The fourth-order valence-corrected chi connectivity index (χ4v) is 6.70. The fourth-order valence-electron chi connectivity index (χ4n) is 3.68. The summed E-state index contributed by atoms with van der Waals surface area (Å²) < 4.78 is 55.7. The minimum Gasteiger partial charge on any atom is -0.369 e. The zero-order valence-electron chi connectivity index (χ0n) is 19.3. The number of sulfonamides is 1. The first-order valence-electron chi connectivity index (χ1n) is 10.7. The highest BCUT2D eigenvalue weighted by Crippen LogP contribution is 2.32. The van der Waals surface area contributed by atoms with E-state index in [1.165, 1.54) is 27.0 Å². The summed E-state index contributed by atoms with van der Waals surface area (Å²) in [6.45, 7) is 6.01. The third-order valence-electron chi connectivity index (χ3n) is 5.47. The van der Waals surface area contributed by atoms with Gasteiger partial charge in [-0.05, 0) is 42.3 Å². The van der Waals surface area contributed by atoms with Gasteiger partial charge in [0.1, 0.15) is 0 Å².